The molecule has 1 saturated heterocycles. The van der Waals surface area contributed by atoms with Gasteiger partial charge in [-0.1, -0.05) is 17.7 Å². The summed E-state index contributed by atoms with van der Waals surface area (Å²) in [5, 5.41) is 3.03. The zero-order chi connectivity index (χ0) is 15.7. The Morgan fingerprint density at radius 1 is 1.17 bits per heavy atom. The summed E-state index contributed by atoms with van der Waals surface area (Å²) in [6.45, 7) is 3.36. The van der Waals surface area contributed by atoms with Gasteiger partial charge in [-0.25, -0.2) is 0 Å². The number of hydrogen-bond donors (Lipinski definition) is 2. The molecule has 6 heteroatoms. The molecule has 1 saturated carbocycles. The van der Waals surface area contributed by atoms with Crippen molar-refractivity contribution in [1.82, 2.24) is 10.2 Å². The number of carbonyl (C=O) groups excluding carboxylic acids is 2. The molecular formula is C17H24ClN3O2. The molecular weight excluding hydrogens is 314 g/mol. The van der Waals surface area contributed by atoms with Crippen LogP contribution in [0.25, 0.3) is 0 Å². The van der Waals surface area contributed by atoms with Gasteiger partial charge in [-0.05, 0) is 44.7 Å². The van der Waals surface area contributed by atoms with Crippen LogP contribution in [0.3, 0.4) is 0 Å². The predicted molar refractivity (Wildman–Crippen MR) is 91.6 cm³/mol. The van der Waals surface area contributed by atoms with Crippen LogP contribution < -0.4 is 11.1 Å². The second-order valence-corrected chi connectivity index (χ2v) is 6.56. The molecule has 0 bridgehead atoms. The van der Waals surface area contributed by atoms with Crippen molar-refractivity contribution >= 4 is 24.2 Å². The maximum absolute atomic E-state index is 12.4. The first-order valence-electron chi connectivity index (χ1n) is 7.94. The van der Waals surface area contributed by atoms with Gasteiger partial charge in [0.25, 0.3) is 5.91 Å². The molecule has 2 fully saturated rings. The van der Waals surface area contributed by atoms with Crippen LogP contribution in [0.4, 0.5) is 0 Å². The van der Waals surface area contributed by atoms with Crippen molar-refractivity contribution in [3.05, 3.63) is 35.4 Å². The van der Waals surface area contributed by atoms with Crippen molar-refractivity contribution in [3.63, 3.8) is 0 Å². The van der Waals surface area contributed by atoms with E-state index in [0.717, 1.165) is 36.8 Å². The summed E-state index contributed by atoms with van der Waals surface area (Å²) in [7, 11) is 0. The van der Waals surface area contributed by atoms with Gasteiger partial charge in [0.1, 0.15) is 0 Å². The lowest BCUT2D eigenvalue weighted by Gasteiger charge is -2.33. The quantitative estimate of drug-likeness (QED) is 0.880. The van der Waals surface area contributed by atoms with Crippen LogP contribution >= 0.6 is 12.4 Å². The number of hydrogen-bond acceptors (Lipinski definition) is 3. The summed E-state index contributed by atoms with van der Waals surface area (Å²) in [5.41, 5.74) is 7.15. The van der Waals surface area contributed by atoms with Crippen molar-refractivity contribution in [2.45, 2.75) is 44.2 Å². The first-order valence-corrected chi connectivity index (χ1v) is 7.94. The highest BCUT2D eigenvalue weighted by atomic mass is 35.5. The standard InChI is InChI=1S/C17H23N3O2.ClH/c1-12-2-4-13(5-3-12)15(21)20-10-6-14(7-11-20)19-16(22)17(18)8-9-17;/h2-5,14H,6-11,18H2,1H3,(H,19,22);1H. The van der Waals surface area contributed by atoms with E-state index in [1.54, 1.807) is 0 Å². The van der Waals surface area contributed by atoms with Gasteiger partial charge in [0.2, 0.25) is 5.91 Å². The number of halogens is 1. The summed E-state index contributed by atoms with van der Waals surface area (Å²) >= 11 is 0. The van der Waals surface area contributed by atoms with E-state index in [9.17, 15) is 9.59 Å². The lowest BCUT2D eigenvalue weighted by molar-refractivity contribution is -0.124. The molecule has 0 radical (unpaired) electrons. The van der Waals surface area contributed by atoms with E-state index in [0.29, 0.717) is 13.1 Å². The maximum Gasteiger partial charge on any atom is 0.253 e. The minimum Gasteiger partial charge on any atom is -0.352 e. The lowest BCUT2D eigenvalue weighted by Crippen LogP contribution is -2.51. The topological polar surface area (TPSA) is 75.4 Å². The minimum atomic E-state index is -0.616. The second-order valence-electron chi connectivity index (χ2n) is 6.56. The zero-order valence-corrected chi connectivity index (χ0v) is 14.2. The fraction of sp³-hybridized carbons (Fsp3) is 0.529. The van der Waals surface area contributed by atoms with Crippen LogP contribution in [0, 0.1) is 6.92 Å². The summed E-state index contributed by atoms with van der Waals surface area (Å²) < 4.78 is 0. The molecule has 0 unspecified atom stereocenters. The van der Waals surface area contributed by atoms with Gasteiger partial charge < -0.3 is 16.0 Å². The molecule has 5 nitrogen and oxygen atoms in total. The molecule has 0 spiro atoms. The number of nitrogens with zero attached hydrogens (tertiary/aromatic N) is 1. The largest absolute Gasteiger partial charge is 0.352 e. The third-order valence-corrected chi connectivity index (χ3v) is 4.66. The number of nitrogens with two attached hydrogens (primary N) is 1. The Morgan fingerprint density at radius 2 is 1.74 bits per heavy atom. The molecule has 0 atom stereocenters. The Kier molecular flexibility index (Phi) is 5.32. The molecule has 23 heavy (non-hydrogen) atoms. The molecule has 1 aromatic rings. The van der Waals surface area contributed by atoms with E-state index in [1.165, 1.54) is 0 Å². The smallest absolute Gasteiger partial charge is 0.253 e. The molecule has 3 rings (SSSR count). The van der Waals surface area contributed by atoms with Crippen LogP contribution in [-0.4, -0.2) is 41.4 Å². The summed E-state index contributed by atoms with van der Waals surface area (Å²) in [6, 6.07) is 7.79. The van der Waals surface area contributed by atoms with Crippen molar-refractivity contribution in [2.24, 2.45) is 5.73 Å². The Labute approximate surface area is 143 Å². The molecule has 1 heterocycles. The average Bonchev–Trinajstić information content (AvgIpc) is 3.27. The number of likely N-dealkylation sites (tertiary alicyclic amines) is 1. The minimum absolute atomic E-state index is 0. The molecule has 2 amide bonds. The molecule has 1 aromatic carbocycles. The van der Waals surface area contributed by atoms with Gasteiger partial charge in [-0.2, -0.15) is 0 Å². The molecule has 2 aliphatic rings. The molecule has 0 aromatic heterocycles. The van der Waals surface area contributed by atoms with E-state index in [4.69, 9.17) is 5.73 Å². The number of aryl methyl sites for hydroxylation is 1. The predicted octanol–water partition coefficient (Wildman–Crippen LogP) is 1.63. The van der Waals surface area contributed by atoms with Crippen LogP contribution in [-0.2, 0) is 4.79 Å². The number of carbonyl (C=O) groups is 2. The second kappa shape index (κ2) is 6.89. The number of piperidine rings is 1. The number of amides is 2. The Bertz CT molecular complexity index is 576. The highest BCUT2D eigenvalue weighted by Gasteiger charge is 2.46. The normalized spacial score (nSPS) is 19.7. The van der Waals surface area contributed by atoms with E-state index in [1.807, 2.05) is 36.1 Å². The number of nitrogens with one attached hydrogen (secondary N) is 1. The van der Waals surface area contributed by atoms with Crippen molar-refractivity contribution in [1.29, 1.82) is 0 Å². The molecule has 3 N–H and O–H groups in total. The molecule has 1 aliphatic heterocycles. The van der Waals surface area contributed by atoms with Crippen molar-refractivity contribution in [2.75, 3.05) is 13.1 Å². The maximum atomic E-state index is 12.4. The first kappa shape index (κ1) is 17.8. The Balaban J connectivity index is 0.00000192. The molecule has 126 valence electrons. The first-order chi connectivity index (χ1) is 10.5. The number of benzene rings is 1. The van der Waals surface area contributed by atoms with Gasteiger partial charge in [0, 0.05) is 24.7 Å². The Hall–Kier alpha value is -1.59. The van der Waals surface area contributed by atoms with Gasteiger partial charge in [0.05, 0.1) is 5.54 Å². The van der Waals surface area contributed by atoms with Crippen LogP contribution in [0.5, 0.6) is 0 Å². The van der Waals surface area contributed by atoms with Gasteiger partial charge in [-0.3, -0.25) is 9.59 Å². The fourth-order valence-corrected chi connectivity index (χ4v) is 2.80. The number of rotatable bonds is 3. The van der Waals surface area contributed by atoms with E-state index >= 15 is 0 Å². The summed E-state index contributed by atoms with van der Waals surface area (Å²) in [5.74, 6) is 0.0399. The summed E-state index contributed by atoms with van der Waals surface area (Å²) in [4.78, 5) is 26.2. The van der Waals surface area contributed by atoms with Crippen LogP contribution in [0.15, 0.2) is 24.3 Å². The zero-order valence-electron chi connectivity index (χ0n) is 13.4. The molecule has 1 aliphatic carbocycles. The van der Waals surface area contributed by atoms with E-state index in [-0.39, 0.29) is 30.3 Å². The van der Waals surface area contributed by atoms with Crippen LogP contribution in [0.1, 0.15) is 41.6 Å². The van der Waals surface area contributed by atoms with E-state index < -0.39 is 5.54 Å². The Morgan fingerprint density at radius 3 is 2.26 bits per heavy atom. The lowest BCUT2D eigenvalue weighted by atomic mass is 10.0. The van der Waals surface area contributed by atoms with Crippen molar-refractivity contribution < 1.29 is 9.59 Å². The average molecular weight is 338 g/mol. The van der Waals surface area contributed by atoms with Crippen LogP contribution in [0.2, 0.25) is 0 Å². The van der Waals surface area contributed by atoms with Gasteiger partial charge >= 0.3 is 0 Å². The van der Waals surface area contributed by atoms with E-state index in [2.05, 4.69) is 5.32 Å². The highest BCUT2D eigenvalue weighted by Crippen LogP contribution is 2.32. The SMILES string of the molecule is Cc1ccc(C(=O)N2CCC(NC(=O)C3(N)CC3)CC2)cc1.Cl. The van der Waals surface area contributed by atoms with Crippen molar-refractivity contribution in [3.8, 4) is 0 Å². The summed E-state index contributed by atoms with van der Waals surface area (Å²) in [6.07, 6.45) is 3.14. The van der Waals surface area contributed by atoms with Gasteiger partial charge in [-0.15, -0.1) is 12.4 Å². The fourth-order valence-electron chi connectivity index (χ4n) is 2.80. The van der Waals surface area contributed by atoms with Gasteiger partial charge in [0.15, 0.2) is 0 Å². The third kappa shape index (κ3) is 4.03. The monoisotopic (exact) mass is 337 g/mol. The highest BCUT2D eigenvalue weighted by molar-refractivity contribution is 5.94. The third-order valence-electron chi connectivity index (χ3n) is 4.66.